The Morgan fingerprint density at radius 2 is 2.33 bits per heavy atom. The van der Waals surface area contributed by atoms with Crippen LogP contribution in [0.15, 0.2) is 18.3 Å². The number of carbonyl (C=O) groups is 1. The number of amides is 1. The first-order valence-corrected chi connectivity index (χ1v) is 6.80. The summed E-state index contributed by atoms with van der Waals surface area (Å²) in [6.45, 7) is 2.79. The number of aromatic nitrogens is 1. The van der Waals surface area contributed by atoms with Crippen molar-refractivity contribution in [3.8, 4) is 0 Å². The maximum absolute atomic E-state index is 12.1. The van der Waals surface area contributed by atoms with Gasteiger partial charge in [-0.3, -0.25) is 4.79 Å². The third-order valence-electron chi connectivity index (χ3n) is 4.60. The van der Waals surface area contributed by atoms with Crippen LogP contribution in [0.25, 0.3) is 0 Å². The van der Waals surface area contributed by atoms with Crippen LogP contribution in [0.2, 0.25) is 0 Å². The fourth-order valence-corrected chi connectivity index (χ4v) is 3.18. The van der Waals surface area contributed by atoms with Gasteiger partial charge in [-0.2, -0.15) is 0 Å². The Kier molecular flexibility index (Phi) is 2.90. The lowest BCUT2D eigenvalue weighted by Crippen LogP contribution is -2.33. The topological polar surface area (TPSA) is 46.1 Å². The molecule has 98 valence electrons. The van der Waals surface area contributed by atoms with E-state index in [1.807, 2.05) is 29.9 Å². The number of hydrogen-bond donors (Lipinski definition) is 2. The fourth-order valence-electron chi connectivity index (χ4n) is 3.18. The summed E-state index contributed by atoms with van der Waals surface area (Å²) in [5.41, 5.74) is 1.49. The van der Waals surface area contributed by atoms with Crippen molar-refractivity contribution in [1.29, 1.82) is 0 Å². The predicted octanol–water partition coefficient (Wildman–Crippen LogP) is 1.03. The van der Waals surface area contributed by atoms with Crippen LogP contribution in [0.4, 0.5) is 0 Å². The molecule has 1 saturated carbocycles. The molecule has 2 fully saturated rings. The molecule has 1 atom stereocenters. The Bertz CT molecular complexity index is 446. The van der Waals surface area contributed by atoms with E-state index in [1.165, 1.54) is 0 Å². The molecule has 0 aromatic carbocycles. The van der Waals surface area contributed by atoms with Gasteiger partial charge in [-0.25, -0.2) is 0 Å². The summed E-state index contributed by atoms with van der Waals surface area (Å²) in [4.78, 5) is 12.1. The Morgan fingerprint density at radius 1 is 1.56 bits per heavy atom. The first kappa shape index (κ1) is 11.8. The molecule has 2 heterocycles. The molecule has 1 unspecified atom stereocenters. The largest absolute Gasteiger partial charge is 0.353 e. The van der Waals surface area contributed by atoms with Crippen LogP contribution in [-0.2, 0) is 18.4 Å². The number of hydrogen-bond acceptors (Lipinski definition) is 2. The smallest absolute Gasteiger partial charge is 0.224 e. The van der Waals surface area contributed by atoms with E-state index in [2.05, 4.69) is 10.6 Å². The maximum atomic E-state index is 12.1. The van der Waals surface area contributed by atoms with Gasteiger partial charge in [0, 0.05) is 24.9 Å². The van der Waals surface area contributed by atoms with E-state index >= 15 is 0 Å². The Morgan fingerprint density at radius 3 is 3.00 bits per heavy atom. The molecule has 1 spiro atoms. The quantitative estimate of drug-likeness (QED) is 0.838. The maximum Gasteiger partial charge on any atom is 0.224 e. The van der Waals surface area contributed by atoms with Crippen LogP contribution >= 0.6 is 0 Å². The third-order valence-corrected chi connectivity index (χ3v) is 4.60. The number of rotatable bonds is 3. The van der Waals surface area contributed by atoms with Crippen molar-refractivity contribution in [1.82, 2.24) is 15.2 Å². The zero-order valence-corrected chi connectivity index (χ0v) is 10.9. The Hall–Kier alpha value is -1.29. The number of aryl methyl sites for hydroxylation is 1. The number of nitrogens with one attached hydrogen (secondary N) is 2. The van der Waals surface area contributed by atoms with Gasteiger partial charge in [-0.15, -0.1) is 0 Å². The molecule has 4 heteroatoms. The first-order valence-electron chi connectivity index (χ1n) is 6.80. The zero-order valence-electron chi connectivity index (χ0n) is 10.9. The van der Waals surface area contributed by atoms with Gasteiger partial charge in [-0.1, -0.05) is 0 Å². The average molecular weight is 247 g/mol. The van der Waals surface area contributed by atoms with E-state index in [-0.39, 0.29) is 11.8 Å². The molecule has 2 N–H and O–H groups in total. The summed E-state index contributed by atoms with van der Waals surface area (Å²) in [5.74, 6) is 0.512. The van der Waals surface area contributed by atoms with Gasteiger partial charge >= 0.3 is 0 Å². The van der Waals surface area contributed by atoms with Crippen molar-refractivity contribution < 1.29 is 4.79 Å². The molecule has 2 aliphatic rings. The predicted molar refractivity (Wildman–Crippen MR) is 69.9 cm³/mol. The Balaban J connectivity index is 1.53. The van der Waals surface area contributed by atoms with Crippen LogP contribution < -0.4 is 10.6 Å². The minimum absolute atomic E-state index is 0.248. The summed E-state index contributed by atoms with van der Waals surface area (Å²) in [6.07, 6.45) is 5.42. The van der Waals surface area contributed by atoms with Crippen LogP contribution in [0, 0.1) is 11.3 Å². The third kappa shape index (κ3) is 2.05. The van der Waals surface area contributed by atoms with Crippen molar-refractivity contribution in [2.75, 3.05) is 13.1 Å². The SMILES string of the molecule is Cn1cccc1CNC(=O)C1CC12CCNCC2. The molecule has 1 aromatic rings. The molecule has 0 bridgehead atoms. The van der Waals surface area contributed by atoms with Crippen LogP contribution in [0.5, 0.6) is 0 Å². The van der Waals surface area contributed by atoms with E-state index in [4.69, 9.17) is 0 Å². The van der Waals surface area contributed by atoms with E-state index in [0.29, 0.717) is 12.0 Å². The van der Waals surface area contributed by atoms with Gasteiger partial charge in [0.05, 0.1) is 6.54 Å². The van der Waals surface area contributed by atoms with E-state index < -0.39 is 0 Å². The minimum Gasteiger partial charge on any atom is -0.353 e. The molecule has 1 aromatic heterocycles. The summed E-state index contributed by atoms with van der Waals surface area (Å²) in [6, 6.07) is 4.06. The summed E-state index contributed by atoms with van der Waals surface area (Å²) < 4.78 is 2.05. The standard InChI is InChI=1S/C14H21N3O/c1-17-8-2-3-11(17)10-16-13(18)12-9-14(12)4-6-15-7-5-14/h2-3,8,12,15H,4-7,9-10H2,1H3,(H,16,18). The lowest BCUT2D eigenvalue weighted by molar-refractivity contribution is -0.123. The second-order valence-corrected chi connectivity index (χ2v) is 5.70. The van der Waals surface area contributed by atoms with Crippen LogP contribution in [0.3, 0.4) is 0 Å². The second-order valence-electron chi connectivity index (χ2n) is 5.70. The molecule has 4 nitrogen and oxygen atoms in total. The zero-order chi connectivity index (χ0) is 12.6. The van der Waals surface area contributed by atoms with Gasteiger partial charge in [0.2, 0.25) is 5.91 Å². The minimum atomic E-state index is 0.248. The number of piperidine rings is 1. The van der Waals surface area contributed by atoms with Gasteiger partial charge in [0.15, 0.2) is 0 Å². The Labute approximate surface area is 108 Å². The molecule has 18 heavy (non-hydrogen) atoms. The van der Waals surface area contributed by atoms with E-state index in [1.54, 1.807) is 0 Å². The van der Waals surface area contributed by atoms with Crippen molar-refractivity contribution in [2.24, 2.45) is 18.4 Å². The summed E-state index contributed by atoms with van der Waals surface area (Å²) >= 11 is 0. The van der Waals surface area contributed by atoms with Gasteiger partial charge in [0.1, 0.15) is 0 Å². The van der Waals surface area contributed by atoms with E-state index in [9.17, 15) is 4.79 Å². The highest BCUT2D eigenvalue weighted by atomic mass is 16.2. The van der Waals surface area contributed by atoms with Gasteiger partial charge in [-0.05, 0) is 49.9 Å². The molecule has 1 amide bonds. The molecule has 3 rings (SSSR count). The van der Waals surface area contributed by atoms with Crippen LogP contribution in [-0.4, -0.2) is 23.6 Å². The monoisotopic (exact) mass is 247 g/mol. The van der Waals surface area contributed by atoms with Gasteiger partial charge < -0.3 is 15.2 Å². The first-order chi connectivity index (χ1) is 8.71. The van der Waals surface area contributed by atoms with Crippen LogP contribution in [0.1, 0.15) is 25.0 Å². The molecule has 0 radical (unpaired) electrons. The lowest BCUT2D eigenvalue weighted by atomic mass is 9.92. The fraction of sp³-hybridized carbons (Fsp3) is 0.643. The summed E-state index contributed by atoms with van der Waals surface area (Å²) in [7, 11) is 2.01. The van der Waals surface area contributed by atoms with Crippen molar-refractivity contribution in [2.45, 2.75) is 25.8 Å². The summed E-state index contributed by atoms with van der Waals surface area (Å²) in [5, 5.41) is 6.45. The van der Waals surface area contributed by atoms with Crippen molar-refractivity contribution in [3.63, 3.8) is 0 Å². The number of carbonyl (C=O) groups excluding carboxylic acids is 1. The number of nitrogens with zero attached hydrogens (tertiary/aromatic N) is 1. The molecule has 1 aliphatic carbocycles. The lowest BCUT2D eigenvalue weighted by Gasteiger charge is -2.23. The van der Waals surface area contributed by atoms with Crippen molar-refractivity contribution in [3.05, 3.63) is 24.0 Å². The second kappa shape index (κ2) is 4.43. The van der Waals surface area contributed by atoms with Crippen molar-refractivity contribution >= 4 is 5.91 Å². The highest BCUT2D eigenvalue weighted by molar-refractivity contribution is 5.82. The highest BCUT2D eigenvalue weighted by Gasteiger charge is 2.57. The average Bonchev–Trinajstić information content (AvgIpc) is 2.90. The molecular weight excluding hydrogens is 226 g/mol. The highest BCUT2D eigenvalue weighted by Crippen LogP contribution is 2.58. The van der Waals surface area contributed by atoms with Gasteiger partial charge in [0.25, 0.3) is 0 Å². The normalized spacial score (nSPS) is 25.1. The molecule has 1 saturated heterocycles. The molecular formula is C14H21N3O. The van der Waals surface area contributed by atoms with E-state index in [0.717, 1.165) is 38.0 Å². The molecule has 1 aliphatic heterocycles.